The first-order valence-electron chi connectivity index (χ1n) is 8.14. The van der Waals surface area contributed by atoms with Crippen molar-refractivity contribution in [2.24, 2.45) is 0 Å². The molecule has 0 unspecified atom stereocenters. The Bertz CT molecular complexity index is 1170. The lowest BCUT2D eigenvalue weighted by Crippen LogP contribution is -2.08. The molecule has 0 bridgehead atoms. The van der Waals surface area contributed by atoms with E-state index in [1.54, 1.807) is 18.2 Å². The third-order valence-electron chi connectivity index (χ3n) is 4.38. The standard InChI is InChI=1S/C19H16F4N2O2S/c1-10-4-5-12(6-11(10)2)16-9-15(19(22)23)24-25(16)17-7-14(21)18(8-13(17)20)28(3,26)27/h4-9,19H,1-3H3. The summed E-state index contributed by atoms with van der Waals surface area (Å²) < 4.78 is 79.3. The van der Waals surface area contributed by atoms with Gasteiger partial charge in [-0.2, -0.15) is 5.10 Å². The largest absolute Gasteiger partial charge is 0.282 e. The molecule has 3 rings (SSSR count). The van der Waals surface area contributed by atoms with Crippen molar-refractivity contribution in [3.8, 4) is 16.9 Å². The number of aromatic nitrogens is 2. The first-order chi connectivity index (χ1) is 13.0. The number of rotatable bonds is 4. The maximum Gasteiger partial charge on any atom is 0.282 e. The molecule has 0 saturated carbocycles. The Morgan fingerprint density at radius 1 is 0.964 bits per heavy atom. The summed E-state index contributed by atoms with van der Waals surface area (Å²) in [5, 5.41) is 3.71. The minimum atomic E-state index is -4.00. The minimum Gasteiger partial charge on any atom is -0.230 e. The lowest BCUT2D eigenvalue weighted by molar-refractivity contribution is 0.145. The Morgan fingerprint density at radius 2 is 1.64 bits per heavy atom. The van der Waals surface area contributed by atoms with E-state index in [1.807, 2.05) is 13.8 Å². The number of sulfone groups is 1. The number of hydrogen-bond donors (Lipinski definition) is 0. The number of alkyl halides is 2. The molecule has 28 heavy (non-hydrogen) atoms. The Hall–Kier alpha value is -2.68. The van der Waals surface area contributed by atoms with Crippen molar-refractivity contribution in [2.75, 3.05) is 6.26 Å². The fourth-order valence-electron chi connectivity index (χ4n) is 2.76. The average Bonchev–Trinajstić information content (AvgIpc) is 3.03. The fraction of sp³-hybridized carbons (Fsp3) is 0.211. The Morgan fingerprint density at radius 3 is 2.21 bits per heavy atom. The predicted molar refractivity (Wildman–Crippen MR) is 96.5 cm³/mol. The summed E-state index contributed by atoms with van der Waals surface area (Å²) in [6.07, 6.45) is -2.18. The van der Waals surface area contributed by atoms with Crippen LogP contribution in [0.15, 0.2) is 41.3 Å². The van der Waals surface area contributed by atoms with Gasteiger partial charge in [0.15, 0.2) is 9.84 Å². The molecule has 148 valence electrons. The molecule has 0 spiro atoms. The van der Waals surface area contributed by atoms with Crippen molar-refractivity contribution in [2.45, 2.75) is 25.2 Å². The van der Waals surface area contributed by atoms with Crippen molar-refractivity contribution in [3.63, 3.8) is 0 Å². The van der Waals surface area contributed by atoms with Gasteiger partial charge in [-0.15, -0.1) is 0 Å². The molecule has 0 saturated heterocycles. The topological polar surface area (TPSA) is 52.0 Å². The minimum absolute atomic E-state index is 0.129. The van der Waals surface area contributed by atoms with Crippen molar-refractivity contribution in [1.29, 1.82) is 0 Å². The molecule has 0 amide bonds. The van der Waals surface area contributed by atoms with Crippen molar-refractivity contribution in [1.82, 2.24) is 9.78 Å². The van der Waals surface area contributed by atoms with Gasteiger partial charge in [-0.1, -0.05) is 12.1 Å². The highest BCUT2D eigenvalue weighted by Gasteiger charge is 2.23. The molecular formula is C19H16F4N2O2S. The van der Waals surface area contributed by atoms with Crippen LogP contribution in [-0.4, -0.2) is 24.5 Å². The van der Waals surface area contributed by atoms with Crippen LogP contribution in [0.25, 0.3) is 16.9 Å². The molecule has 0 aliphatic heterocycles. The maximum absolute atomic E-state index is 14.6. The molecule has 0 atom stereocenters. The molecule has 0 aliphatic carbocycles. The van der Waals surface area contributed by atoms with Crippen LogP contribution in [-0.2, 0) is 9.84 Å². The van der Waals surface area contributed by atoms with Gasteiger partial charge < -0.3 is 0 Å². The third kappa shape index (κ3) is 3.66. The fourth-order valence-corrected chi connectivity index (χ4v) is 3.49. The van der Waals surface area contributed by atoms with E-state index >= 15 is 0 Å². The molecular weight excluding hydrogens is 396 g/mol. The molecule has 2 aromatic carbocycles. The van der Waals surface area contributed by atoms with Crippen LogP contribution in [0, 0.1) is 25.5 Å². The van der Waals surface area contributed by atoms with Gasteiger partial charge in [0.1, 0.15) is 27.9 Å². The molecule has 1 aromatic heterocycles. The monoisotopic (exact) mass is 412 g/mol. The summed E-state index contributed by atoms with van der Waals surface area (Å²) in [7, 11) is -4.00. The molecule has 0 N–H and O–H groups in total. The zero-order valence-electron chi connectivity index (χ0n) is 15.2. The van der Waals surface area contributed by atoms with Gasteiger partial charge in [0, 0.05) is 17.9 Å². The average molecular weight is 412 g/mol. The van der Waals surface area contributed by atoms with Crippen molar-refractivity contribution < 1.29 is 26.0 Å². The Kier molecular flexibility index (Phi) is 5.05. The summed E-state index contributed by atoms with van der Waals surface area (Å²) in [5.74, 6) is -2.30. The summed E-state index contributed by atoms with van der Waals surface area (Å²) in [6, 6.07) is 7.40. The molecule has 3 aromatic rings. The number of aryl methyl sites for hydroxylation is 2. The van der Waals surface area contributed by atoms with E-state index in [-0.39, 0.29) is 5.69 Å². The first-order valence-corrected chi connectivity index (χ1v) is 10.0. The first kappa shape index (κ1) is 20.1. The second-order valence-corrected chi connectivity index (χ2v) is 8.46. The summed E-state index contributed by atoms with van der Waals surface area (Å²) in [4.78, 5) is -0.817. The number of nitrogens with zero attached hydrogens (tertiary/aromatic N) is 2. The number of benzene rings is 2. The molecule has 1 heterocycles. The third-order valence-corrected chi connectivity index (χ3v) is 5.50. The van der Waals surface area contributed by atoms with Gasteiger partial charge in [0.2, 0.25) is 0 Å². The van der Waals surface area contributed by atoms with Crippen LogP contribution < -0.4 is 0 Å². The predicted octanol–water partition coefficient (Wildman–Crippen LogP) is 4.78. The van der Waals surface area contributed by atoms with Gasteiger partial charge >= 0.3 is 0 Å². The van der Waals surface area contributed by atoms with E-state index in [4.69, 9.17) is 0 Å². The van der Waals surface area contributed by atoms with Gasteiger partial charge in [0.05, 0.1) is 5.69 Å². The van der Waals surface area contributed by atoms with E-state index < -0.39 is 44.2 Å². The molecule has 0 fully saturated rings. The van der Waals surface area contributed by atoms with Gasteiger partial charge in [-0.25, -0.2) is 30.7 Å². The Balaban J connectivity index is 2.27. The summed E-state index contributed by atoms with van der Waals surface area (Å²) in [5.41, 5.74) is 1.38. The van der Waals surface area contributed by atoms with Crippen molar-refractivity contribution >= 4 is 9.84 Å². The highest BCUT2D eigenvalue weighted by molar-refractivity contribution is 7.90. The maximum atomic E-state index is 14.6. The van der Waals surface area contributed by atoms with Crippen LogP contribution in [0.2, 0.25) is 0 Å². The van der Waals surface area contributed by atoms with Crippen LogP contribution in [0.5, 0.6) is 0 Å². The molecule has 4 nitrogen and oxygen atoms in total. The Labute approximate surface area is 159 Å². The van der Waals surface area contributed by atoms with Crippen molar-refractivity contribution in [3.05, 3.63) is 64.9 Å². The second kappa shape index (κ2) is 7.05. The van der Waals surface area contributed by atoms with E-state index in [0.29, 0.717) is 17.7 Å². The van der Waals surface area contributed by atoms with Crippen LogP contribution >= 0.6 is 0 Å². The molecule has 0 aliphatic rings. The SMILES string of the molecule is Cc1ccc(-c2cc(C(F)F)nn2-c2cc(F)c(S(C)(=O)=O)cc2F)cc1C. The lowest BCUT2D eigenvalue weighted by atomic mass is 10.0. The number of hydrogen-bond acceptors (Lipinski definition) is 3. The van der Waals surface area contributed by atoms with Gasteiger partial charge in [-0.3, -0.25) is 0 Å². The molecule has 9 heteroatoms. The van der Waals surface area contributed by atoms with E-state index in [2.05, 4.69) is 5.10 Å². The second-order valence-electron chi connectivity index (χ2n) is 6.47. The quantitative estimate of drug-likeness (QED) is 0.580. The zero-order valence-corrected chi connectivity index (χ0v) is 16.0. The zero-order chi connectivity index (χ0) is 20.8. The lowest BCUT2D eigenvalue weighted by Gasteiger charge is -2.12. The van der Waals surface area contributed by atoms with E-state index in [9.17, 15) is 26.0 Å². The van der Waals surface area contributed by atoms with Crippen LogP contribution in [0.1, 0.15) is 23.2 Å². The summed E-state index contributed by atoms with van der Waals surface area (Å²) in [6.45, 7) is 3.70. The van der Waals surface area contributed by atoms with E-state index in [0.717, 1.165) is 28.1 Å². The molecule has 0 radical (unpaired) electrons. The highest BCUT2D eigenvalue weighted by atomic mass is 32.2. The van der Waals surface area contributed by atoms with Gasteiger partial charge in [0.25, 0.3) is 6.43 Å². The smallest absolute Gasteiger partial charge is 0.230 e. The van der Waals surface area contributed by atoms with E-state index in [1.165, 1.54) is 0 Å². The van der Waals surface area contributed by atoms with Crippen LogP contribution in [0.3, 0.4) is 0 Å². The number of halogens is 4. The van der Waals surface area contributed by atoms with Crippen LogP contribution in [0.4, 0.5) is 17.6 Å². The summed E-state index contributed by atoms with van der Waals surface area (Å²) >= 11 is 0. The normalized spacial score (nSPS) is 12.0. The van der Waals surface area contributed by atoms with Gasteiger partial charge in [-0.05, 0) is 43.2 Å². The highest BCUT2D eigenvalue weighted by Crippen LogP contribution is 2.31.